The lowest BCUT2D eigenvalue weighted by molar-refractivity contribution is 0.268. The molecule has 0 amide bonds. The first-order chi connectivity index (χ1) is 8.47. The van der Waals surface area contributed by atoms with E-state index < -0.39 is 0 Å². The molecule has 2 heterocycles. The largest absolute Gasteiger partial charge is 0.333 e. The van der Waals surface area contributed by atoms with Gasteiger partial charge in [0.25, 0.3) is 0 Å². The molecular weight excluding hydrogens is 224 g/mol. The highest BCUT2D eigenvalue weighted by Gasteiger charge is 2.21. The zero-order valence-electron chi connectivity index (χ0n) is 11.9. The normalized spacial score (nSPS) is 19.3. The Morgan fingerprint density at radius 3 is 2.61 bits per heavy atom. The molecule has 1 aromatic heterocycles. The van der Waals surface area contributed by atoms with E-state index in [1.807, 2.05) is 26.4 Å². The average Bonchev–Trinajstić information content (AvgIpc) is 2.87. The zero-order valence-corrected chi connectivity index (χ0v) is 11.9. The number of imidazole rings is 1. The minimum Gasteiger partial charge on any atom is -0.333 e. The Balaban J connectivity index is 1.94. The van der Waals surface area contributed by atoms with Gasteiger partial charge in [-0.15, -0.1) is 0 Å². The lowest BCUT2D eigenvalue weighted by atomic mass is 10.0. The minimum absolute atomic E-state index is 0.316. The van der Waals surface area contributed by atoms with Gasteiger partial charge in [0.05, 0.1) is 17.6 Å². The summed E-state index contributed by atoms with van der Waals surface area (Å²) >= 11 is 0. The van der Waals surface area contributed by atoms with E-state index in [1.165, 1.54) is 32.5 Å². The van der Waals surface area contributed by atoms with Gasteiger partial charge < -0.3 is 15.2 Å². The van der Waals surface area contributed by atoms with E-state index in [9.17, 15) is 0 Å². The van der Waals surface area contributed by atoms with Gasteiger partial charge in [-0.05, 0) is 45.7 Å². The van der Waals surface area contributed by atoms with Crippen molar-refractivity contribution in [1.29, 1.82) is 0 Å². The predicted molar refractivity (Wildman–Crippen MR) is 74.3 cm³/mol. The second kappa shape index (κ2) is 5.41. The van der Waals surface area contributed by atoms with E-state index in [0.29, 0.717) is 5.92 Å². The molecule has 1 aliphatic rings. The van der Waals surface area contributed by atoms with Crippen molar-refractivity contribution in [2.24, 2.45) is 11.7 Å². The summed E-state index contributed by atoms with van der Waals surface area (Å²) in [6.45, 7) is 11.1. The number of hydrogen-bond donors (Lipinski definition) is 1. The third kappa shape index (κ3) is 3.33. The molecule has 4 nitrogen and oxygen atoms in total. The molecule has 0 radical (unpaired) electrons. The number of hydrogen-bond acceptors (Lipinski definition) is 3. The maximum atomic E-state index is 6.17. The molecule has 2 rings (SSSR count). The van der Waals surface area contributed by atoms with Crippen LogP contribution in [0.15, 0.2) is 12.5 Å². The van der Waals surface area contributed by atoms with Gasteiger partial charge in [0.15, 0.2) is 0 Å². The van der Waals surface area contributed by atoms with Crippen LogP contribution in [-0.2, 0) is 12.1 Å². The molecule has 1 fully saturated rings. The van der Waals surface area contributed by atoms with Crippen LogP contribution in [0.5, 0.6) is 0 Å². The van der Waals surface area contributed by atoms with Crippen LogP contribution in [0.3, 0.4) is 0 Å². The maximum absolute atomic E-state index is 6.17. The van der Waals surface area contributed by atoms with Crippen molar-refractivity contribution in [2.45, 2.75) is 45.7 Å². The van der Waals surface area contributed by atoms with E-state index in [-0.39, 0.29) is 5.54 Å². The summed E-state index contributed by atoms with van der Waals surface area (Å²) in [6.07, 6.45) is 6.52. The second-order valence-corrected chi connectivity index (χ2v) is 6.27. The molecule has 18 heavy (non-hydrogen) atoms. The third-order valence-electron chi connectivity index (χ3n) is 3.65. The molecule has 1 aliphatic heterocycles. The van der Waals surface area contributed by atoms with Crippen molar-refractivity contribution in [3.8, 4) is 0 Å². The monoisotopic (exact) mass is 250 g/mol. The fraction of sp³-hybridized carbons (Fsp3) is 0.786. The first-order valence-corrected chi connectivity index (χ1v) is 6.98. The van der Waals surface area contributed by atoms with Gasteiger partial charge in [0.2, 0.25) is 0 Å². The summed E-state index contributed by atoms with van der Waals surface area (Å²) in [7, 11) is 0. The summed E-state index contributed by atoms with van der Waals surface area (Å²) < 4.78 is 2.21. The van der Waals surface area contributed by atoms with E-state index >= 15 is 0 Å². The first kappa shape index (κ1) is 13.6. The predicted octanol–water partition coefficient (Wildman–Crippen LogP) is 1.81. The quantitative estimate of drug-likeness (QED) is 0.867. The average molecular weight is 250 g/mol. The van der Waals surface area contributed by atoms with Crippen molar-refractivity contribution in [1.82, 2.24) is 14.5 Å². The Morgan fingerprint density at radius 2 is 2.00 bits per heavy atom. The Morgan fingerprint density at radius 1 is 1.33 bits per heavy atom. The Bertz CT molecular complexity index is 371. The Labute approximate surface area is 110 Å². The number of aromatic nitrogens is 2. The van der Waals surface area contributed by atoms with E-state index in [4.69, 9.17) is 5.73 Å². The summed E-state index contributed by atoms with van der Waals surface area (Å²) in [5.74, 6) is 0.637. The van der Waals surface area contributed by atoms with Crippen molar-refractivity contribution >= 4 is 0 Å². The molecule has 1 unspecified atom stereocenters. The number of nitrogens with zero attached hydrogens (tertiary/aromatic N) is 3. The molecule has 0 bridgehead atoms. The fourth-order valence-electron chi connectivity index (χ4n) is 2.80. The van der Waals surface area contributed by atoms with Gasteiger partial charge >= 0.3 is 0 Å². The lowest BCUT2D eigenvalue weighted by Crippen LogP contribution is -2.33. The highest BCUT2D eigenvalue weighted by Crippen LogP contribution is 2.18. The number of nitrogens with two attached hydrogens (primary N) is 1. The fourth-order valence-corrected chi connectivity index (χ4v) is 2.80. The summed E-state index contributed by atoms with van der Waals surface area (Å²) in [6, 6.07) is 0. The lowest BCUT2D eigenvalue weighted by Gasteiger charge is -2.24. The van der Waals surface area contributed by atoms with Crippen LogP contribution in [0.25, 0.3) is 0 Å². The molecule has 0 aromatic carbocycles. The van der Waals surface area contributed by atoms with E-state index in [2.05, 4.69) is 21.4 Å². The molecular formula is C14H26N4. The number of likely N-dealkylation sites (tertiary alicyclic amines) is 1. The number of rotatable bonds is 5. The molecule has 1 aromatic rings. The van der Waals surface area contributed by atoms with Crippen LogP contribution in [-0.4, -0.2) is 34.1 Å². The molecule has 0 saturated carbocycles. The maximum Gasteiger partial charge on any atom is 0.0948 e. The molecule has 2 N–H and O–H groups in total. The van der Waals surface area contributed by atoms with Crippen LogP contribution >= 0.6 is 0 Å². The van der Waals surface area contributed by atoms with E-state index in [1.54, 1.807) is 0 Å². The molecule has 1 saturated heterocycles. The van der Waals surface area contributed by atoms with Gasteiger partial charge in [-0.2, -0.15) is 0 Å². The smallest absolute Gasteiger partial charge is 0.0948 e. The zero-order chi connectivity index (χ0) is 13.2. The van der Waals surface area contributed by atoms with Gasteiger partial charge in [0, 0.05) is 19.3 Å². The molecule has 4 heteroatoms. The van der Waals surface area contributed by atoms with Crippen LogP contribution in [0.4, 0.5) is 0 Å². The topological polar surface area (TPSA) is 47.1 Å². The van der Waals surface area contributed by atoms with Gasteiger partial charge in [-0.3, -0.25) is 0 Å². The SMILES string of the molecule is CC(CN1CCCC1)Cn1cncc1C(C)(C)N. The highest BCUT2D eigenvalue weighted by molar-refractivity contribution is 5.09. The molecule has 0 aliphatic carbocycles. The standard InChI is InChI=1S/C14H26N4/c1-12(9-17-6-4-5-7-17)10-18-11-16-8-13(18)14(2,3)15/h8,11-12H,4-7,9-10,15H2,1-3H3. The van der Waals surface area contributed by atoms with Crippen LogP contribution in [0.2, 0.25) is 0 Å². The van der Waals surface area contributed by atoms with Gasteiger partial charge in [-0.1, -0.05) is 6.92 Å². The van der Waals surface area contributed by atoms with Gasteiger partial charge in [-0.25, -0.2) is 4.98 Å². The van der Waals surface area contributed by atoms with Crippen molar-refractivity contribution in [3.05, 3.63) is 18.2 Å². The van der Waals surface area contributed by atoms with Crippen LogP contribution in [0, 0.1) is 5.92 Å². The first-order valence-electron chi connectivity index (χ1n) is 6.98. The van der Waals surface area contributed by atoms with Crippen molar-refractivity contribution in [3.63, 3.8) is 0 Å². The molecule has 102 valence electrons. The van der Waals surface area contributed by atoms with Crippen LogP contribution in [0.1, 0.15) is 39.3 Å². The molecule has 0 spiro atoms. The van der Waals surface area contributed by atoms with Gasteiger partial charge in [0.1, 0.15) is 0 Å². The van der Waals surface area contributed by atoms with Crippen molar-refractivity contribution < 1.29 is 0 Å². The summed E-state index contributed by atoms with van der Waals surface area (Å²) in [4.78, 5) is 6.81. The second-order valence-electron chi connectivity index (χ2n) is 6.27. The van der Waals surface area contributed by atoms with Crippen molar-refractivity contribution in [2.75, 3.05) is 19.6 Å². The summed E-state index contributed by atoms with van der Waals surface area (Å²) in [5, 5.41) is 0. The minimum atomic E-state index is -0.316. The van der Waals surface area contributed by atoms with E-state index in [0.717, 1.165) is 12.2 Å². The highest BCUT2D eigenvalue weighted by atomic mass is 15.1. The Hall–Kier alpha value is -0.870. The van der Waals surface area contributed by atoms with Crippen LogP contribution < -0.4 is 5.73 Å². The molecule has 1 atom stereocenters. The summed E-state index contributed by atoms with van der Waals surface area (Å²) in [5.41, 5.74) is 6.98. The third-order valence-corrected chi connectivity index (χ3v) is 3.65. The Kier molecular flexibility index (Phi) is 4.07.